The number of rotatable bonds is 4. The second-order valence-corrected chi connectivity index (χ2v) is 9.13. The van der Waals surface area contributed by atoms with Crippen molar-refractivity contribution in [3.05, 3.63) is 99.7 Å². The van der Waals surface area contributed by atoms with Gasteiger partial charge in [-0.2, -0.15) is 0 Å². The van der Waals surface area contributed by atoms with E-state index in [1.54, 1.807) is 18.9 Å². The summed E-state index contributed by atoms with van der Waals surface area (Å²) < 4.78 is 5.66. The third kappa shape index (κ3) is 2.82. The van der Waals surface area contributed by atoms with E-state index in [0.717, 1.165) is 26.9 Å². The van der Waals surface area contributed by atoms with Crippen molar-refractivity contribution >= 4 is 34.2 Å². The number of aromatic amines is 1. The number of nitrogens with zero attached hydrogens (tertiary/aromatic N) is 3. The molecule has 0 spiro atoms. The Balaban J connectivity index is 1.55. The first-order valence-electron chi connectivity index (χ1n) is 11.5. The van der Waals surface area contributed by atoms with E-state index in [2.05, 4.69) is 4.98 Å². The van der Waals surface area contributed by atoms with Crippen LogP contribution in [-0.2, 0) is 10.3 Å². The van der Waals surface area contributed by atoms with Crippen LogP contribution >= 0.6 is 0 Å². The lowest BCUT2D eigenvalue weighted by Crippen LogP contribution is -2.50. The Bertz CT molecular complexity index is 1560. The van der Waals surface area contributed by atoms with E-state index >= 15 is 0 Å². The number of nitro benzene ring substituents is 1. The molecule has 2 aliphatic heterocycles. The molecule has 3 heterocycles. The molecule has 2 aliphatic rings. The monoisotopic (exact) mass is 482 g/mol. The van der Waals surface area contributed by atoms with Gasteiger partial charge in [0.1, 0.15) is 5.75 Å². The van der Waals surface area contributed by atoms with E-state index in [4.69, 9.17) is 4.74 Å². The number of para-hydroxylation sites is 2. The number of nitrogens with one attached hydrogen (secondary N) is 1. The summed E-state index contributed by atoms with van der Waals surface area (Å²) in [5.74, 6) is 0.0501. The number of hydrogen-bond acceptors (Lipinski definition) is 5. The predicted molar refractivity (Wildman–Crippen MR) is 133 cm³/mol. The molecule has 2 atom stereocenters. The number of urea groups is 1. The molecule has 1 N–H and O–H groups in total. The summed E-state index contributed by atoms with van der Waals surface area (Å²) in [6.45, 7) is 2.02. The Labute approximate surface area is 206 Å². The number of hydrogen-bond donors (Lipinski definition) is 1. The van der Waals surface area contributed by atoms with E-state index in [-0.39, 0.29) is 23.8 Å². The molecule has 36 heavy (non-hydrogen) atoms. The van der Waals surface area contributed by atoms with Crippen molar-refractivity contribution in [1.82, 2.24) is 9.88 Å². The SMILES string of the molecule is COc1ccccc1C1CN2C(=O)N(c3ccc([N+](=O)[O-])cc3)C(=O)[C@]2(C)c2[nH]c3ccccc3c21. The lowest BCUT2D eigenvalue weighted by molar-refractivity contribution is -0.384. The van der Waals surface area contributed by atoms with Crippen LogP contribution in [0.1, 0.15) is 29.7 Å². The van der Waals surface area contributed by atoms with Gasteiger partial charge in [-0.25, -0.2) is 9.69 Å². The summed E-state index contributed by atoms with van der Waals surface area (Å²) in [5, 5.41) is 12.1. The van der Waals surface area contributed by atoms with Crippen LogP contribution in [0.2, 0.25) is 0 Å². The van der Waals surface area contributed by atoms with Crippen molar-refractivity contribution in [1.29, 1.82) is 0 Å². The minimum Gasteiger partial charge on any atom is -0.496 e. The smallest absolute Gasteiger partial charge is 0.332 e. The molecule has 1 saturated heterocycles. The predicted octanol–water partition coefficient (Wildman–Crippen LogP) is 4.91. The number of ether oxygens (including phenoxy) is 1. The van der Waals surface area contributed by atoms with Gasteiger partial charge in [-0.15, -0.1) is 0 Å². The highest BCUT2D eigenvalue weighted by Crippen LogP contribution is 2.51. The number of fused-ring (bicyclic) bond motifs is 5. The number of amides is 3. The number of carbonyl (C=O) groups excluding carboxylic acids is 2. The molecule has 3 amide bonds. The Morgan fingerprint density at radius 1 is 1.03 bits per heavy atom. The number of anilines is 1. The van der Waals surface area contributed by atoms with E-state index < -0.39 is 22.4 Å². The van der Waals surface area contributed by atoms with Crippen molar-refractivity contribution in [2.75, 3.05) is 18.6 Å². The first-order valence-corrected chi connectivity index (χ1v) is 11.5. The van der Waals surface area contributed by atoms with Gasteiger partial charge >= 0.3 is 6.03 Å². The molecule has 180 valence electrons. The maximum absolute atomic E-state index is 14.0. The average Bonchev–Trinajstić information content (AvgIpc) is 3.38. The maximum Gasteiger partial charge on any atom is 0.332 e. The number of benzene rings is 3. The Kier molecular flexibility index (Phi) is 4.66. The van der Waals surface area contributed by atoms with Crippen molar-refractivity contribution in [3.63, 3.8) is 0 Å². The van der Waals surface area contributed by atoms with Gasteiger partial charge in [-0.3, -0.25) is 14.9 Å². The lowest BCUT2D eigenvalue weighted by atomic mass is 9.78. The van der Waals surface area contributed by atoms with Crippen molar-refractivity contribution < 1.29 is 19.2 Å². The van der Waals surface area contributed by atoms with Crippen LogP contribution < -0.4 is 9.64 Å². The highest BCUT2D eigenvalue weighted by Gasteiger charge is 2.60. The van der Waals surface area contributed by atoms with Gasteiger partial charge in [0.25, 0.3) is 11.6 Å². The molecule has 0 aliphatic carbocycles. The van der Waals surface area contributed by atoms with Gasteiger partial charge in [-0.1, -0.05) is 36.4 Å². The molecule has 0 bridgehead atoms. The van der Waals surface area contributed by atoms with Crippen molar-refractivity contribution in [2.24, 2.45) is 0 Å². The molecule has 0 saturated carbocycles. The number of methoxy groups -OCH3 is 1. The topological polar surface area (TPSA) is 109 Å². The van der Waals surface area contributed by atoms with Crippen molar-refractivity contribution in [3.8, 4) is 5.75 Å². The van der Waals surface area contributed by atoms with Gasteiger partial charge in [0.05, 0.1) is 23.4 Å². The molecule has 6 rings (SSSR count). The first kappa shape index (κ1) is 21.8. The summed E-state index contributed by atoms with van der Waals surface area (Å²) in [6.07, 6.45) is 0. The zero-order valence-corrected chi connectivity index (χ0v) is 19.6. The van der Waals surface area contributed by atoms with Crippen LogP contribution in [0.3, 0.4) is 0 Å². The van der Waals surface area contributed by atoms with Gasteiger partial charge in [-0.05, 0) is 36.8 Å². The molecule has 4 aromatic rings. The molecule has 1 unspecified atom stereocenters. The average molecular weight is 482 g/mol. The minimum absolute atomic E-state index is 0.115. The largest absolute Gasteiger partial charge is 0.496 e. The van der Waals surface area contributed by atoms with Crippen LogP contribution in [0.15, 0.2) is 72.8 Å². The highest BCUT2D eigenvalue weighted by atomic mass is 16.6. The van der Waals surface area contributed by atoms with Crippen LogP contribution in [0.25, 0.3) is 10.9 Å². The van der Waals surface area contributed by atoms with E-state index in [1.807, 2.05) is 48.5 Å². The standard InChI is InChI=1S/C27H22N4O5/c1-27-24-23(19-8-3-5-9-21(19)28-24)20(18-7-4-6-10-22(18)36-2)15-29(27)26(33)30(25(27)32)16-11-13-17(14-12-16)31(34)35/h3-14,20,28H,15H2,1-2H3/t20?,27-/m0/s1. The van der Waals surface area contributed by atoms with Crippen molar-refractivity contribution in [2.45, 2.75) is 18.4 Å². The Hall–Kier alpha value is -4.66. The second-order valence-electron chi connectivity index (χ2n) is 9.13. The van der Waals surface area contributed by atoms with Crippen LogP contribution in [0.4, 0.5) is 16.2 Å². The Morgan fingerprint density at radius 3 is 2.44 bits per heavy atom. The number of H-pyrrole nitrogens is 1. The summed E-state index contributed by atoms with van der Waals surface area (Å²) in [4.78, 5) is 44.5. The van der Waals surface area contributed by atoms with E-state index in [1.165, 1.54) is 24.3 Å². The summed E-state index contributed by atoms with van der Waals surface area (Å²) in [7, 11) is 1.61. The number of imide groups is 1. The lowest BCUT2D eigenvalue weighted by Gasteiger charge is -2.40. The van der Waals surface area contributed by atoms with Gasteiger partial charge in [0, 0.05) is 41.1 Å². The highest BCUT2D eigenvalue weighted by molar-refractivity contribution is 6.23. The zero-order valence-electron chi connectivity index (χ0n) is 19.6. The molecule has 0 radical (unpaired) electrons. The number of aromatic nitrogens is 1. The fourth-order valence-electron chi connectivity index (χ4n) is 5.58. The fraction of sp³-hybridized carbons (Fsp3) is 0.185. The van der Waals surface area contributed by atoms with Gasteiger partial charge in [0.2, 0.25) is 0 Å². The summed E-state index contributed by atoms with van der Waals surface area (Å²) in [6, 6.07) is 20.5. The van der Waals surface area contributed by atoms with Crippen LogP contribution in [0, 0.1) is 10.1 Å². The van der Waals surface area contributed by atoms with Crippen LogP contribution in [0.5, 0.6) is 5.75 Å². The summed E-state index contributed by atoms with van der Waals surface area (Å²) >= 11 is 0. The maximum atomic E-state index is 14.0. The fourth-order valence-corrected chi connectivity index (χ4v) is 5.58. The summed E-state index contributed by atoms with van der Waals surface area (Å²) in [5.41, 5.74) is 2.32. The number of non-ortho nitro benzene ring substituents is 1. The zero-order chi connectivity index (χ0) is 25.2. The molecule has 9 nitrogen and oxygen atoms in total. The molecule has 1 fully saturated rings. The van der Waals surface area contributed by atoms with Crippen LogP contribution in [-0.4, -0.2) is 40.4 Å². The molecular formula is C27H22N4O5. The first-order chi connectivity index (χ1) is 17.4. The minimum atomic E-state index is -1.27. The molecule has 9 heteroatoms. The van der Waals surface area contributed by atoms with Gasteiger partial charge in [0.15, 0.2) is 5.54 Å². The second kappa shape index (κ2) is 7.67. The third-order valence-corrected chi connectivity index (χ3v) is 7.36. The van der Waals surface area contributed by atoms with E-state index in [0.29, 0.717) is 11.4 Å². The number of carbonyl (C=O) groups is 2. The number of nitro groups is 1. The normalized spacial score (nSPS) is 21.0. The van der Waals surface area contributed by atoms with Gasteiger partial charge < -0.3 is 14.6 Å². The molecule has 3 aromatic carbocycles. The van der Waals surface area contributed by atoms with E-state index in [9.17, 15) is 19.7 Å². The molecular weight excluding hydrogens is 460 g/mol. The third-order valence-electron chi connectivity index (χ3n) is 7.36. The molecule has 1 aromatic heterocycles. The quantitative estimate of drug-likeness (QED) is 0.252. The Morgan fingerprint density at radius 2 is 1.72 bits per heavy atom.